The van der Waals surface area contributed by atoms with Gasteiger partial charge in [0.1, 0.15) is 22.4 Å². The molecule has 2 aromatic rings. The highest BCUT2D eigenvalue weighted by Gasteiger charge is 2.46. The minimum Gasteiger partial charge on any atom is -0.504 e. The minimum absolute atomic E-state index is 0.00495. The van der Waals surface area contributed by atoms with Crippen molar-refractivity contribution in [2.45, 2.75) is 76.7 Å². The Hall–Kier alpha value is -2.43. The first-order valence-corrected chi connectivity index (χ1v) is 16.5. The molecule has 1 atom stereocenters. The summed E-state index contributed by atoms with van der Waals surface area (Å²) >= 11 is 0.825. The number of sulfonamides is 2. The van der Waals surface area contributed by atoms with Crippen molar-refractivity contribution in [2.24, 2.45) is 4.99 Å². The van der Waals surface area contributed by atoms with Gasteiger partial charge in [0.15, 0.2) is 22.1 Å². The maximum absolute atomic E-state index is 13.2. The van der Waals surface area contributed by atoms with Crippen LogP contribution in [0.25, 0.3) is 0 Å². The van der Waals surface area contributed by atoms with E-state index < -0.39 is 44.4 Å². The van der Waals surface area contributed by atoms with Gasteiger partial charge >= 0.3 is 0 Å². The number of rotatable bonds is 11. The fourth-order valence-corrected chi connectivity index (χ4v) is 8.33. The van der Waals surface area contributed by atoms with Crippen molar-refractivity contribution < 1.29 is 35.8 Å². The number of aromatic hydroxyl groups is 1. The van der Waals surface area contributed by atoms with Crippen LogP contribution in [0.2, 0.25) is 0 Å². The fourth-order valence-electron chi connectivity index (χ4n) is 4.20. The van der Waals surface area contributed by atoms with Crippen LogP contribution in [0.1, 0.15) is 71.2 Å². The summed E-state index contributed by atoms with van der Waals surface area (Å²) in [4.78, 5) is 4.40. The molecule has 2 aliphatic rings. The van der Waals surface area contributed by atoms with Crippen LogP contribution in [0, 0.1) is 0 Å². The Bertz CT molecular complexity index is 1480. The highest BCUT2D eigenvalue weighted by Crippen LogP contribution is 2.42. The van der Waals surface area contributed by atoms with E-state index in [-0.39, 0.29) is 45.3 Å². The molecule has 1 fully saturated rings. The van der Waals surface area contributed by atoms with Crippen LogP contribution in [0.5, 0.6) is 5.75 Å². The van der Waals surface area contributed by atoms with E-state index in [2.05, 4.69) is 15.0 Å². The van der Waals surface area contributed by atoms with Crippen LogP contribution in [0.3, 0.4) is 0 Å². The number of thiophene rings is 1. The molecule has 0 radical (unpaired) electrons. The summed E-state index contributed by atoms with van der Waals surface area (Å²) in [6.07, 6.45) is 0.341. The number of aliphatic imine (C=N–C) groups is 1. The van der Waals surface area contributed by atoms with Crippen LogP contribution in [0.4, 0.5) is 5.69 Å². The van der Waals surface area contributed by atoms with Crippen molar-refractivity contribution in [1.82, 2.24) is 9.03 Å². The second-order valence-electron chi connectivity index (χ2n) is 9.36. The molecule has 0 unspecified atom stereocenters. The first-order valence-electron chi connectivity index (χ1n) is 12.7. The number of hydrogen-bond acceptors (Lipinski definition) is 11. The van der Waals surface area contributed by atoms with Crippen molar-refractivity contribution in [1.29, 1.82) is 0 Å². The third-order valence-electron chi connectivity index (χ3n) is 6.43. The average molecular weight is 603 g/mol. The molecule has 4 heterocycles. The minimum atomic E-state index is -4.14. The molecule has 0 spiro atoms. The average Bonchev–Trinajstić information content (AvgIpc) is 3.53. The molecule has 39 heavy (non-hydrogen) atoms. The lowest BCUT2D eigenvalue weighted by Crippen LogP contribution is -2.42. The smallest absolute Gasteiger partial charge is 0.266 e. The van der Waals surface area contributed by atoms with Crippen LogP contribution >= 0.6 is 11.3 Å². The molecule has 0 aromatic carbocycles. The highest BCUT2D eigenvalue weighted by atomic mass is 32.2. The number of hydrogen-bond donors (Lipinski definition) is 3. The van der Waals surface area contributed by atoms with E-state index in [1.54, 1.807) is 27.0 Å². The van der Waals surface area contributed by atoms with E-state index in [4.69, 9.17) is 13.9 Å². The Kier molecular flexibility index (Phi) is 8.50. The molecule has 4 rings (SSSR count). The van der Waals surface area contributed by atoms with Gasteiger partial charge in [-0.25, -0.2) is 16.8 Å². The zero-order valence-corrected chi connectivity index (χ0v) is 25.0. The van der Waals surface area contributed by atoms with Gasteiger partial charge in [-0.2, -0.15) is 4.31 Å². The lowest BCUT2D eigenvalue weighted by molar-refractivity contribution is -0.356. The number of ether oxygens (including phenoxy) is 2. The second kappa shape index (κ2) is 11.2. The topological polar surface area (TPSA) is 160 Å². The van der Waals surface area contributed by atoms with Gasteiger partial charge in [-0.15, -0.1) is 11.3 Å². The van der Waals surface area contributed by atoms with E-state index in [0.717, 1.165) is 16.9 Å². The molecule has 0 bridgehead atoms. The van der Waals surface area contributed by atoms with Gasteiger partial charge in [0.05, 0.1) is 12.0 Å². The molecule has 216 valence electrons. The standard InChI is InChI=1S/C24H34N4O8S3/c1-7-16(18-10-15(11-34-18)13(4)5)26-22-19(21(38(30,31)27-22)23-35-14(6)36-23)25-17-12-37-24(20(17)29)39(32,33)28(8-2)9-3/h10-14,16,23,25,29H,7-9H2,1-6H3,(H,26,27)/t14?,16-,23?/m1/s1. The van der Waals surface area contributed by atoms with E-state index in [1.165, 1.54) is 9.69 Å². The zero-order valence-electron chi connectivity index (χ0n) is 22.6. The van der Waals surface area contributed by atoms with E-state index in [0.29, 0.717) is 12.2 Å². The predicted octanol–water partition coefficient (Wildman–Crippen LogP) is 4.03. The lowest BCUT2D eigenvalue weighted by atomic mass is 10.1. The zero-order chi connectivity index (χ0) is 28.7. The van der Waals surface area contributed by atoms with Crippen LogP contribution in [-0.2, 0) is 29.5 Å². The van der Waals surface area contributed by atoms with Crippen LogP contribution < -0.4 is 10.0 Å². The highest BCUT2D eigenvalue weighted by molar-refractivity contribution is 7.94. The Labute approximate surface area is 232 Å². The number of amidine groups is 1. The summed E-state index contributed by atoms with van der Waals surface area (Å²) in [5.74, 6) is 0.242. The molecule has 0 saturated carbocycles. The maximum Gasteiger partial charge on any atom is 0.266 e. The number of anilines is 1. The second-order valence-corrected chi connectivity index (χ2v) is 14.0. The number of nitrogens with zero attached hydrogens (tertiary/aromatic N) is 2. The molecule has 15 heteroatoms. The van der Waals surface area contributed by atoms with Crippen molar-refractivity contribution in [2.75, 3.05) is 18.4 Å². The number of furan rings is 1. The van der Waals surface area contributed by atoms with Gasteiger partial charge in [0.25, 0.3) is 20.0 Å². The Balaban J connectivity index is 1.78. The summed E-state index contributed by atoms with van der Waals surface area (Å²) in [6.45, 7) is 11.4. The van der Waals surface area contributed by atoms with Crippen LogP contribution in [-0.4, -0.2) is 57.8 Å². The SMILES string of the molecule is CC[C@@H](N=C1NS(=O)(=O)C(C2OC(C)O2)=C1Nc1csc(S(=O)(=O)N(CC)CC)c1O)c1cc(C(C)C)co1. The molecule has 2 aromatic heterocycles. The number of nitrogens with one attached hydrogen (secondary N) is 2. The quantitative estimate of drug-likeness (QED) is 0.345. The molecular weight excluding hydrogens is 568 g/mol. The van der Waals surface area contributed by atoms with E-state index >= 15 is 0 Å². The van der Waals surface area contributed by atoms with Crippen molar-refractivity contribution in [3.63, 3.8) is 0 Å². The summed E-state index contributed by atoms with van der Waals surface area (Å²) < 4.78 is 72.6. The summed E-state index contributed by atoms with van der Waals surface area (Å²) in [6, 6.07) is 1.36. The van der Waals surface area contributed by atoms with Crippen molar-refractivity contribution in [3.8, 4) is 5.75 Å². The molecule has 1 saturated heterocycles. The van der Waals surface area contributed by atoms with Crippen LogP contribution in [0.15, 0.2) is 41.9 Å². The van der Waals surface area contributed by atoms with Gasteiger partial charge in [0, 0.05) is 18.5 Å². The van der Waals surface area contributed by atoms with Gasteiger partial charge in [-0.05, 0) is 30.9 Å². The van der Waals surface area contributed by atoms with Gasteiger partial charge in [-0.1, -0.05) is 34.6 Å². The molecule has 0 aliphatic carbocycles. The predicted molar refractivity (Wildman–Crippen MR) is 147 cm³/mol. The Morgan fingerprint density at radius 1 is 1.23 bits per heavy atom. The fraction of sp³-hybridized carbons (Fsp3) is 0.542. The lowest BCUT2D eigenvalue weighted by Gasteiger charge is -2.33. The first kappa shape index (κ1) is 29.6. The summed E-state index contributed by atoms with van der Waals surface area (Å²) in [5, 5.41) is 15.2. The Morgan fingerprint density at radius 2 is 1.90 bits per heavy atom. The van der Waals surface area contributed by atoms with Crippen molar-refractivity contribution >= 4 is 42.9 Å². The first-order chi connectivity index (χ1) is 18.3. The van der Waals surface area contributed by atoms with E-state index in [1.807, 2.05) is 26.8 Å². The monoisotopic (exact) mass is 602 g/mol. The normalized spacial score (nSPS) is 22.9. The third kappa shape index (κ3) is 5.60. The Morgan fingerprint density at radius 3 is 2.44 bits per heavy atom. The molecular formula is C24H34N4O8S3. The molecule has 3 N–H and O–H groups in total. The maximum atomic E-state index is 13.2. The molecule has 12 nitrogen and oxygen atoms in total. The van der Waals surface area contributed by atoms with Gasteiger partial charge < -0.3 is 24.3 Å². The van der Waals surface area contributed by atoms with Gasteiger partial charge in [0.2, 0.25) is 6.29 Å². The summed E-state index contributed by atoms with van der Waals surface area (Å²) in [5.41, 5.74) is 0.979. The van der Waals surface area contributed by atoms with Gasteiger partial charge in [-0.3, -0.25) is 9.71 Å². The largest absolute Gasteiger partial charge is 0.504 e. The molecule has 0 amide bonds. The molecule has 2 aliphatic heterocycles. The van der Waals surface area contributed by atoms with Crippen molar-refractivity contribution in [3.05, 3.63) is 39.6 Å². The van der Waals surface area contributed by atoms with E-state index in [9.17, 15) is 21.9 Å². The summed E-state index contributed by atoms with van der Waals surface area (Å²) in [7, 11) is -8.09. The third-order valence-corrected chi connectivity index (χ3v) is 11.4.